The number of carbonyl (C=O) groups excluding carboxylic acids is 1. The van der Waals surface area contributed by atoms with Crippen LogP contribution in [0.4, 0.5) is 5.69 Å². The second-order valence-electron chi connectivity index (χ2n) is 6.67. The molecule has 0 spiro atoms. The van der Waals surface area contributed by atoms with Gasteiger partial charge in [0, 0.05) is 30.2 Å². The van der Waals surface area contributed by atoms with E-state index in [1.54, 1.807) is 28.6 Å². The van der Waals surface area contributed by atoms with E-state index in [0.29, 0.717) is 24.3 Å². The molecule has 4 rings (SSSR count). The van der Waals surface area contributed by atoms with Gasteiger partial charge in [-0.15, -0.1) is 11.3 Å². The van der Waals surface area contributed by atoms with E-state index in [2.05, 4.69) is 14.7 Å². The lowest BCUT2D eigenvalue weighted by atomic mass is 10.3. The van der Waals surface area contributed by atoms with Crippen molar-refractivity contribution in [2.45, 2.75) is 24.3 Å². The van der Waals surface area contributed by atoms with Crippen molar-refractivity contribution in [2.24, 2.45) is 0 Å². The summed E-state index contributed by atoms with van der Waals surface area (Å²) in [7, 11) is -2.48. The summed E-state index contributed by atoms with van der Waals surface area (Å²) in [5.74, 6) is 0.200. The van der Waals surface area contributed by atoms with Crippen LogP contribution in [-0.2, 0) is 21.4 Å². The van der Waals surface area contributed by atoms with Gasteiger partial charge in [0.25, 0.3) is 0 Å². The van der Waals surface area contributed by atoms with E-state index in [1.165, 1.54) is 24.5 Å². The molecule has 156 valence electrons. The molecule has 30 heavy (non-hydrogen) atoms. The molecule has 0 atom stereocenters. The minimum Gasteiger partial charge on any atom is -0.495 e. The van der Waals surface area contributed by atoms with Crippen LogP contribution in [0.3, 0.4) is 0 Å². The molecule has 0 aliphatic carbocycles. The SMILES string of the molecule is COc1ccc(N2CCCC2=O)cc1S(=O)(=O)NCc1csc(-c2ccccn2)n1. The van der Waals surface area contributed by atoms with Crippen molar-refractivity contribution in [3.05, 3.63) is 53.7 Å². The number of carbonyl (C=O) groups is 1. The van der Waals surface area contributed by atoms with Gasteiger partial charge in [-0.05, 0) is 36.8 Å². The Morgan fingerprint density at radius 3 is 2.83 bits per heavy atom. The van der Waals surface area contributed by atoms with E-state index in [1.807, 2.05) is 18.2 Å². The Kier molecular flexibility index (Phi) is 5.80. The molecule has 1 saturated heterocycles. The molecule has 3 heterocycles. The number of anilines is 1. The second-order valence-corrected chi connectivity index (χ2v) is 9.26. The maximum atomic E-state index is 13.0. The number of rotatable bonds is 7. The number of ether oxygens (including phenoxy) is 1. The Morgan fingerprint density at radius 2 is 2.13 bits per heavy atom. The number of hydrogen-bond acceptors (Lipinski definition) is 7. The second kappa shape index (κ2) is 8.50. The Labute approximate surface area is 178 Å². The molecule has 1 aliphatic heterocycles. The smallest absolute Gasteiger partial charge is 0.244 e. The number of aromatic nitrogens is 2. The standard InChI is InChI=1S/C20H20N4O4S2/c1-28-17-8-7-15(24-10-4-6-19(24)25)11-18(17)30(26,27)22-12-14-13-29-20(23-14)16-5-2-3-9-21-16/h2-3,5,7-9,11,13,22H,4,6,10,12H2,1H3. The topological polar surface area (TPSA) is 101 Å². The molecule has 10 heteroatoms. The van der Waals surface area contributed by atoms with Crippen LogP contribution in [-0.4, -0.2) is 37.9 Å². The van der Waals surface area contributed by atoms with Gasteiger partial charge in [-0.3, -0.25) is 9.78 Å². The molecule has 1 aromatic carbocycles. The highest BCUT2D eigenvalue weighted by atomic mass is 32.2. The molecule has 2 aromatic heterocycles. The summed E-state index contributed by atoms with van der Waals surface area (Å²) in [6, 6.07) is 10.3. The summed E-state index contributed by atoms with van der Waals surface area (Å²) < 4.78 is 33.8. The number of nitrogens with zero attached hydrogens (tertiary/aromatic N) is 3. The fourth-order valence-corrected chi connectivity index (χ4v) is 5.19. The number of sulfonamides is 1. The van der Waals surface area contributed by atoms with Gasteiger partial charge in [-0.2, -0.15) is 0 Å². The van der Waals surface area contributed by atoms with E-state index >= 15 is 0 Å². The van der Waals surface area contributed by atoms with Crippen LogP contribution in [0, 0.1) is 0 Å². The zero-order valence-electron chi connectivity index (χ0n) is 16.2. The molecule has 1 fully saturated rings. The van der Waals surface area contributed by atoms with Gasteiger partial charge in [0.05, 0.1) is 25.0 Å². The van der Waals surface area contributed by atoms with Crippen molar-refractivity contribution in [1.29, 1.82) is 0 Å². The predicted octanol–water partition coefficient (Wildman–Crippen LogP) is 2.82. The molecule has 0 bridgehead atoms. The molecule has 3 aromatic rings. The van der Waals surface area contributed by atoms with Crippen molar-refractivity contribution in [1.82, 2.24) is 14.7 Å². The summed E-state index contributed by atoms with van der Waals surface area (Å²) in [5, 5.41) is 2.51. The van der Waals surface area contributed by atoms with Gasteiger partial charge in [0.15, 0.2) is 0 Å². The minimum atomic E-state index is -3.89. The Hall–Kier alpha value is -2.82. The molecule has 0 unspecified atom stereocenters. The summed E-state index contributed by atoms with van der Waals surface area (Å²) in [4.78, 5) is 22.3. The summed E-state index contributed by atoms with van der Waals surface area (Å²) in [6.07, 6.45) is 2.91. The van der Waals surface area contributed by atoms with Gasteiger partial charge in [0.1, 0.15) is 15.7 Å². The molecule has 1 aliphatic rings. The third kappa shape index (κ3) is 4.20. The largest absolute Gasteiger partial charge is 0.495 e. The van der Waals surface area contributed by atoms with Crippen LogP contribution in [0.1, 0.15) is 18.5 Å². The van der Waals surface area contributed by atoms with Crippen LogP contribution < -0.4 is 14.4 Å². The van der Waals surface area contributed by atoms with Crippen molar-refractivity contribution >= 4 is 33.0 Å². The van der Waals surface area contributed by atoms with Gasteiger partial charge in [-0.1, -0.05) is 6.07 Å². The highest BCUT2D eigenvalue weighted by Gasteiger charge is 2.26. The monoisotopic (exact) mass is 444 g/mol. The first kappa shape index (κ1) is 20.5. The van der Waals surface area contributed by atoms with Crippen LogP contribution in [0.5, 0.6) is 5.75 Å². The van der Waals surface area contributed by atoms with Crippen LogP contribution in [0.2, 0.25) is 0 Å². The average Bonchev–Trinajstić information content (AvgIpc) is 3.41. The molecular formula is C20H20N4O4S2. The highest BCUT2D eigenvalue weighted by molar-refractivity contribution is 7.89. The lowest BCUT2D eigenvalue weighted by Gasteiger charge is -2.18. The van der Waals surface area contributed by atoms with E-state index < -0.39 is 10.0 Å². The van der Waals surface area contributed by atoms with Gasteiger partial charge < -0.3 is 9.64 Å². The lowest BCUT2D eigenvalue weighted by molar-refractivity contribution is -0.117. The first-order valence-corrected chi connectivity index (χ1v) is 11.7. The van der Waals surface area contributed by atoms with Gasteiger partial charge in [-0.25, -0.2) is 18.1 Å². The maximum absolute atomic E-state index is 13.0. The van der Waals surface area contributed by atoms with Gasteiger partial charge >= 0.3 is 0 Å². The van der Waals surface area contributed by atoms with Crippen molar-refractivity contribution in [3.8, 4) is 16.5 Å². The molecule has 1 N–H and O–H groups in total. The van der Waals surface area contributed by atoms with Crippen molar-refractivity contribution < 1.29 is 17.9 Å². The summed E-state index contributed by atoms with van der Waals surface area (Å²) in [6.45, 7) is 0.606. The van der Waals surface area contributed by atoms with E-state index in [9.17, 15) is 13.2 Å². The highest BCUT2D eigenvalue weighted by Crippen LogP contribution is 2.31. The fraction of sp³-hybridized carbons (Fsp3) is 0.250. The van der Waals surface area contributed by atoms with E-state index in [0.717, 1.165) is 17.1 Å². The third-order valence-corrected chi connectivity index (χ3v) is 7.04. The lowest BCUT2D eigenvalue weighted by Crippen LogP contribution is -2.26. The zero-order valence-corrected chi connectivity index (χ0v) is 17.9. The van der Waals surface area contributed by atoms with E-state index in [-0.39, 0.29) is 23.1 Å². The van der Waals surface area contributed by atoms with Crippen molar-refractivity contribution in [2.75, 3.05) is 18.6 Å². The van der Waals surface area contributed by atoms with Crippen LogP contribution in [0.15, 0.2) is 52.9 Å². The average molecular weight is 445 g/mol. The van der Waals surface area contributed by atoms with Crippen molar-refractivity contribution in [3.63, 3.8) is 0 Å². The molecular weight excluding hydrogens is 424 g/mol. The Morgan fingerprint density at radius 1 is 1.27 bits per heavy atom. The zero-order chi connectivity index (χ0) is 21.1. The number of methoxy groups -OCH3 is 1. The number of nitrogens with one attached hydrogen (secondary N) is 1. The fourth-order valence-electron chi connectivity index (χ4n) is 3.21. The number of benzene rings is 1. The van der Waals surface area contributed by atoms with E-state index in [4.69, 9.17) is 4.74 Å². The first-order chi connectivity index (χ1) is 14.5. The number of amides is 1. The normalized spacial score (nSPS) is 14.3. The number of pyridine rings is 1. The number of thiazole rings is 1. The molecule has 8 nitrogen and oxygen atoms in total. The maximum Gasteiger partial charge on any atom is 0.244 e. The van der Waals surface area contributed by atoms with Crippen LogP contribution >= 0.6 is 11.3 Å². The minimum absolute atomic E-state index is 0.0117. The molecule has 1 amide bonds. The summed E-state index contributed by atoms with van der Waals surface area (Å²) >= 11 is 1.40. The number of hydrogen-bond donors (Lipinski definition) is 1. The van der Waals surface area contributed by atoms with Gasteiger partial charge in [0.2, 0.25) is 15.9 Å². The quantitative estimate of drug-likeness (QED) is 0.601. The summed E-state index contributed by atoms with van der Waals surface area (Å²) in [5.41, 5.74) is 1.88. The predicted molar refractivity (Wildman–Crippen MR) is 114 cm³/mol. The third-order valence-electron chi connectivity index (χ3n) is 4.70. The Balaban J connectivity index is 1.55. The Bertz CT molecular complexity index is 1160. The first-order valence-electron chi connectivity index (χ1n) is 9.32. The molecule has 0 saturated carbocycles. The van der Waals surface area contributed by atoms with Crippen LogP contribution in [0.25, 0.3) is 10.7 Å². The molecule has 0 radical (unpaired) electrons.